The third-order valence-electron chi connectivity index (χ3n) is 5.14. The molecule has 0 unspecified atom stereocenters. The summed E-state index contributed by atoms with van der Waals surface area (Å²) in [7, 11) is 3.96. The molecule has 1 aliphatic rings. The van der Waals surface area contributed by atoms with E-state index in [-0.39, 0.29) is 5.91 Å². The minimum atomic E-state index is -0.133. The molecule has 0 saturated carbocycles. The summed E-state index contributed by atoms with van der Waals surface area (Å²) in [6, 6.07) is 18.0. The molecule has 0 aliphatic carbocycles. The van der Waals surface area contributed by atoms with E-state index in [1.54, 1.807) is 0 Å². The number of nitrogens with zero attached hydrogens (tertiary/aromatic N) is 3. The van der Waals surface area contributed by atoms with Gasteiger partial charge in [-0.15, -0.1) is 0 Å². The summed E-state index contributed by atoms with van der Waals surface area (Å²) in [6.07, 6.45) is 0.869. The van der Waals surface area contributed by atoms with E-state index in [0.717, 1.165) is 43.0 Å². The lowest BCUT2D eigenvalue weighted by Crippen LogP contribution is -2.30. The van der Waals surface area contributed by atoms with Crippen LogP contribution in [0.2, 0.25) is 0 Å². The first-order valence-electron chi connectivity index (χ1n) is 9.51. The molecule has 3 aromatic rings. The van der Waals surface area contributed by atoms with Gasteiger partial charge in [0.15, 0.2) is 5.82 Å². The number of amides is 1. The Kier molecular flexibility index (Phi) is 5.12. The van der Waals surface area contributed by atoms with Gasteiger partial charge in [-0.3, -0.25) is 14.8 Å². The number of aromatic nitrogens is 2. The summed E-state index contributed by atoms with van der Waals surface area (Å²) in [5, 5.41) is 10.4. The van der Waals surface area contributed by atoms with Crippen LogP contribution in [-0.4, -0.2) is 41.6 Å². The number of anilines is 2. The molecule has 2 heterocycles. The van der Waals surface area contributed by atoms with Crippen LogP contribution < -0.4 is 10.2 Å². The summed E-state index contributed by atoms with van der Waals surface area (Å²) in [5.74, 6) is 0.516. The van der Waals surface area contributed by atoms with Gasteiger partial charge in [-0.2, -0.15) is 5.10 Å². The highest BCUT2D eigenvalue weighted by Crippen LogP contribution is 2.25. The average molecular weight is 375 g/mol. The third-order valence-corrected chi connectivity index (χ3v) is 5.14. The molecule has 0 atom stereocenters. The largest absolute Gasteiger partial charge is 0.378 e. The molecule has 1 amide bonds. The Morgan fingerprint density at radius 2 is 1.89 bits per heavy atom. The zero-order valence-electron chi connectivity index (χ0n) is 16.3. The van der Waals surface area contributed by atoms with Gasteiger partial charge in [-0.1, -0.05) is 30.3 Å². The minimum Gasteiger partial charge on any atom is -0.378 e. The van der Waals surface area contributed by atoms with Crippen molar-refractivity contribution in [2.24, 2.45) is 0 Å². The van der Waals surface area contributed by atoms with Crippen molar-refractivity contribution in [2.75, 3.05) is 30.9 Å². The molecule has 6 nitrogen and oxygen atoms in total. The molecule has 0 fully saturated rings. The minimum absolute atomic E-state index is 0.133. The Bertz CT molecular complexity index is 947. The standard InChI is InChI=1S/C22H25N5O/c1-26(2)18-10-8-17(9-11-18)22(28)23-21-19-12-13-27(15-20(19)24-25-21)14-16-6-4-3-5-7-16/h3-11H,12-15H2,1-2H3,(H2,23,24,25,28). The van der Waals surface area contributed by atoms with Gasteiger partial charge >= 0.3 is 0 Å². The first-order chi connectivity index (χ1) is 13.6. The molecule has 1 aliphatic heterocycles. The van der Waals surface area contributed by atoms with Crippen molar-refractivity contribution in [3.8, 4) is 0 Å². The predicted octanol–water partition coefficient (Wildman–Crippen LogP) is 3.29. The van der Waals surface area contributed by atoms with Gasteiger partial charge in [0.2, 0.25) is 0 Å². The number of aromatic amines is 1. The lowest BCUT2D eigenvalue weighted by Gasteiger charge is -2.26. The van der Waals surface area contributed by atoms with Crippen LogP contribution in [0.15, 0.2) is 54.6 Å². The van der Waals surface area contributed by atoms with E-state index in [2.05, 4.69) is 44.7 Å². The summed E-state index contributed by atoms with van der Waals surface area (Å²) >= 11 is 0. The Labute approximate surface area is 165 Å². The molecule has 0 radical (unpaired) electrons. The molecule has 0 saturated heterocycles. The van der Waals surface area contributed by atoms with E-state index in [1.807, 2.05) is 49.3 Å². The van der Waals surface area contributed by atoms with Gasteiger partial charge in [0, 0.05) is 50.5 Å². The van der Waals surface area contributed by atoms with E-state index < -0.39 is 0 Å². The van der Waals surface area contributed by atoms with Crippen LogP contribution in [0.25, 0.3) is 0 Å². The van der Waals surface area contributed by atoms with Gasteiger partial charge in [-0.05, 0) is 36.2 Å². The lowest BCUT2D eigenvalue weighted by atomic mass is 10.1. The van der Waals surface area contributed by atoms with Crippen LogP contribution in [0.1, 0.15) is 27.2 Å². The second-order valence-corrected chi connectivity index (χ2v) is 7.37. The topological polar surface area (TPSA) is 64.3 Å². The molecule has 144 valence electrons. The fraction of sp³-hybridized carbons (Fsp3) is 0.273. The number of rotatable bonds is 5. The Morgan fingerprint density at radius 3 is 2.61 bits per heavy atom. The van der Waals surface area contributed by atoms with E-state index >= 15 is 0 Å². The maximum absolute atomic E-state index is 12.6. The molecule has 28 heavy (non-hydrogen) atoms. The molecular formula is C22H25N5O. The first kappa shape index (κ1) is 18.3. The van der Waals surface area contributed by atoms with Crippen LogP contribution in [-0.2, 0) is 19.5 Å². The van der Waals surface area contributed by atoms with Crippen molar-refractivity contribution >= 4 is 17.4 Å². The van der Waals surface area contributed by atoms with Gasteiger partial charge in [-0.25, -0.2) is 0 Å². The van der Waals surface area contributed by atoms with Crippen molar-refractivity contribution in [1.29, 1.82) is 0 Å². The summed E-state index contributed by atoms with van der Waals surface area (Å²) in [5.41, 5.74) is 5.19. The van der Waals surface area contributed by atoms with Gasteiger partial charge in [0.05, 0.1) is 5.69 Å². The number of hydrogen-bond donors (Lipinski definition) is 2. The molecule has 6 heteroatoms. The number of carbonyl (C=O) groups is 1. The van der Waals surface area contributed by atoms with Crippen molar-refractivity contribution < 1.29 is 4.79 Å². The van der Waals surface area contributed by atoms with Crippen LogP contribution in [0, 0.1) is 0 Å². The van der Waals surface area contributed by atoms with Crippen LogP contribution in [0.4, 0.5) is 11.5 Å². The highest BCUT2D eigenvalue weighted by Gasteiger charge is 2.23. The van der Waals surface area contributed by atoms with Crippen molar-refractivity contribution in [2.45, 2.75) is 19.5 Å². The number of hydrogen-bond acceptors (Lipinski definition) is 4. The fourth-order valence-corrected chi connectivity index (χ4v) is 3.54. The van der Waals surface area contributed by atoms with E-state index in [4.69, 9.17) is 0 Å². The maximum Gasteiger partial charge on any atom is 0.256 e. The molecule has 2 aromatic carbocycles. The molecule has 0 bridgehead atoms. The number of benzene rings is 2. The normalized spacial score (nSPS) is 13.8. The molecule has 4 rings (SSSR count). The number of fused-ring (bicyclic) bond motifs is 1. The predicted molar refractivity (Wildman–Crippen MR) is 112 cm³/mol. The molecular weight excluding hydrogens is 350 g/mol. The number of carbonyl (C=O) groups excluding carboxylic acids is 1. The third kappa shape index (κ3) is 3.92. The SMILES string of the molecule is CN(C)c1ccc(C(=O)Nc2n[nH]c3c2CCN(Cc2ccccc2)C3)cc1. The monoisotopic (exact) mass is 375 g/mol. The number of nitrogens with one attached hydrogen (secondary N) is 2. The molecule has 0 spiro atoms. The van der Waals surface area contributed by atoms with E-state index in [0.29, 0.717) is 11.4 Å². The van der Waals surface area contributed by atoms with Crippen LogP contribution in [0.5, 0.6) is 0 Å². The van der Waals surface area contributed by atoms with Crippen molar-refractivity contribution in [3.63, 3.8) is 0 Å². The zero-order valence-corrected chi connectivity index (χ0v) is 16.3. The zero-order chi connectivity index (χ0) is 19.5. The highest BCUT2D eigenvalue weighted by molar-refractivity contribution is 6.04. The average Bonchev–Trinajstić information content (AvgIpc) is 3.11. The summed E-state index contributed by atoms with van der Waals surface area (Å²) in [4.78, 5) is 17.0. The fourth-order valence-electron chi connectivity index (χ4n) is 3.54. The molecule has 2 N–H and O–H groups in total. The van der Waals surface area contributed by atoms with Gasteiger partial charge in [0.1, 0.15) is 0 Å². The number of H-pyrrole nitrogens is 1. The van der Waals surface area contributed by atoms with E-state index in [9.17, 15) is 4.79 Å². The second-order valence-electron chi connectivity index (χ2n) is 7.37. The molecule has 1 aromatic heterocycles. The van der Waals surface area contributed by atoms with Gasteiger partial charge < -0.3 is 10.2 Å². The maximum atomic E-state index is 12.6. The van der Waals surface area contributed by atoms with Crippen molar-refractivity contribution in [3.05, 3.63) is 77.0 Å². The quantitative estimate of drug-likeness (QED) is 0.718. The van der Waals surface area contributed by atoms with Crippen LogP contribution in [0.3, 0.4) is 0 Å². The Morgan fingerprint density at radius 1 is 1.14 bits per heavy atom. The summed E-state index contributed by atoms with van der Waals surface area (Å²) in [6.45, 7) is 2.67. The smallest absolute Gasteiger partial charge is 0.256 e. The van der Waals surface area contributed by atoms with E-state index in [1.165, 1.54) is 5.56 Å². The Hall–Kier alpha value is -3.12. The van der Waals surface area contributed by atoms with Gasteiger partial charge in [0.25, 0.3) is 5.91 Å². The second kappa shape index (κ2) is 7.86. The van der Waals surface area contributed by atoms with Crippen LogP contribution >= 0.6 is 0 Å². The summed E-state index contributed by atoms with van der Waals surface area (Å²) < 4.78 is 0. The Balaban J connectivity index is 1.42. The van der Waals surface area contributed by atoms with Crippen molar-refractivity contribution in [1.82, 2.24) is 15.1 Å². The lowest BCUT2D eigenvalue weighted by molar-refractivity contribution is 0.102. The highest BCUT2D eigenvalue weighted by atomic mass is 16.1. The first-order valence-corrected chi connectivity index (χ1v) is 9.51.